The molecule has 0 unspecified atom stereocenters. The van der Waals surface area contributed by atoms with Crippen molar-refractivity contribution in [1.82, 2.24) is 25.2 Å². The lowest BCUT2D eigenvalue weighted by Crippen LogP contribution is -2.48. The molecule has 1 saturated heterocycles. The van der Waals surface area contributed by atoms with Crippen LogP contribution in [0.25, 0.3) is 0 Å². The van der Waals surface area contributed by atoms with Crippen LogP contribution in [0.2, 0.25) is 0 Å². The molecule has 2 aliphatic rings. The van der Waals surface area contributed by atoms with Crippen molar-refractivity contribution in [2.45, 2.75) is 26.2 Å². The van der Waals surface area contributed by atoms with Gasteiger partial charge in [-0.3, -0.25) is 19.5 Å². The van der Waals surface area contributed by atoms with E-state index in [0.717, 1.165) is 5.69 Å². The molecule has 8 nitrogen and oxygen atoms in total. The second-order valence-corrected chi connectivity index (χ2v) is 7.58. The molecule has 0 spiro atoms. The number of carbonyl (C=O) groups excluding carboxylic acids is 1. The molecule has 0 saturated carbocycles. The predicted octanol–water partition coefficient (Wildman–Crippen LogP) is 0.899. The lowest BCUT2D eigenvalue weighted by Gasteiger charge is -2.38. The van der Waals surface area contributed by atoms with Crippen LogP contribution in [-0.2, 0) is 12.8 Å². The Balaban J connectivity index is 1.40. The molecule has 4 rings (SSSR count). The van der Waals surface area contributed by atoms with Gasteiger partial charge in [-0.15, -0.1) is 0 Å². The van der Waals surface area contributed by atoms with Crippen LogP contribution in [0.5, 0.6) is 0 Å². The lowest BCUT2D eigenvalue weighted by atomic mass is 9.88. The Bertz CT molecular complexity index is 1180. The number of rotatable bonds is 4. The fraction of sp³-hybridized carbons (Fsp3) is 0.524. The topological polar surface area (TPSA) is 94.2 Å². The van der Waals surface area contributed by atoms with E-state index in [1.807, 2.05) is 0 Å². The van der Waals surface area contributed by atoms with Gasteiger partial charge in [0.2, 0.25) is 5.95 Å². The van der Waals surface area contributed by atoms with Crippen LogP contribution >= 0.6 is 0 Å². The molecule has 2 N–H and O–H groups in total. The number of nitrogens with one attached hydrogen (secondary N) is 2. The maximum atomic E-state index is 14.7. The molecule has 1 aliphatic carbocycles. The number of anilines is 1. The molecular weight excluding hydrogens is 387 g/mol. The Morgan fingerprint density at radius 1 is 1.37 bits per heavy atom. The number of hydrogen-bond donors (Lipinski definition) is 2. The number of aromatic amines is 1. The number of hydrogen-bond acceptors (Lipinski definition) is 6. The minimum Gasteiger partial charge on any atom is -0.365 e. The maximum absolute atomic E-state index is 14.7. The van der Waals surface area contributed by atoms with Crippen LogP contribution in [0.1, 0.15) is 40.8 Å². The molecule has 9 heteroatoms. The van der Waals surface area contributed by atoms with Gasteiger partial charge in [-0.05, 0) is 44.2 Å². The average Bonchev–Trinajstić information content (AvgIpc) is 2.78. The van der Waals surface area contributed by atoms with Crippen LogP contribution in [0, 0.1) is 18.8 Å². The number of aryl methyl sites for hydroxylation is 2. The summed E-state index contributed by atoms with van der Waals surface area (Å²) in [6, 6.07) is 2.64. The summed E-state index contributed by atoms with van der Waals surface area (Å²) in [5.74, 6) is -2.21. The molecule has 1 fully saturated rings. The van der Waals surface area contributed by atoms with Crippen molar-refractivity contribution >= 4 is 11.6 Å². The zero-order valence-corrected chi connectivity index (χ0v) is 16.7. The van der Waals surface area contributed by atoms with E-state index in [1.165, 1.54) is 12.1 Å². The van der Waals surface area contributed by atoms with Gasteiger partial charge in [0.15, 0.2) is 0 Å². The van der Waals surface area contributed by atoms with Crippen molar-refractivity contribution in [1.29, 1.82) is 0 Å². The van der Waals surface area contributed by atoms with Crippen molar-refractivity contribution in [3.8, 4) is 0 Å². The first kappa shape index (κ1) is 15.1. The van der Waals surface area contributed by atoms with Crippen LogP contribution in [0.4, 0.5) is 10.1 Å². The largest absolute Gasteiger partial charge is 0.365 e. The molecular formula is C21H27FN6O2. The number of halogens is 1. The highest BCUT2D eigenvalue weighted by Crippen LogP contribution is 2.25. The number of piperazine rings is 1. The zero-order valence-electron chi connectivity index (χ0n) is 21.7. The second kappa shape index (κ2) is 8.51. The maximum Gasteiger partial charge on any atom is 0.269 e. The van der Waals surface area contributed by atoms with Gasteiger partial charge < -0.3 is 15.2 Å². The fourth-order valence-electron chi connectivity index (χ4n) is 3.95. The quantitative estimate of drug-likeness (QED) is 0.715. The number of pyridine rings is 1. The first-order valence-corrected chi connectivity index (χ1v) is 9.93. The molecule has 0 bridgehead atoms. The van der Waals surface area contributed by atoms with Gasteiger partial charge in [0.1, 0.15) is 11.4 Å². The van der Waals surface area contributed by atoms with Gasteiger partial charge in [-0.1, -0.05) is 0 Å². The third-order valence-corrected chi connectivity index (χ3v) is 5.58. The number of H-pyrrole nitrogens is 1. The van der Waals surface area contributed by atoms with E-state index in [2.05, 4.69) is 15.0 Å². The molecule has 0 radical (unpaired) electrons. The zero-order chi connectivity index (χ0) is 25.5. The minimum atomic E-state index is -2.70. The molecule has 2 aromatic rings. The van der Waals surface area contributed by atoms with Crippen molar-refractivity contribution in [3.63, 3.8) is 0 Å². The Morgan fingerprint density at radius 2 is 2.17 bits per heavy atom. The van der Waals surface area contributed by atoms with Gasteiger partial charge in [0, 0.05) is 52.2 Å². The van der Waals surface area contributed by atoms with Crippen LogP contribution < -0.4 is 15.8 Å². The van der Waals surface area contributed by atoms with Crippen molar-refractivity contribution in [2.75, 3.05) is 44.6 Å². The summed E-state index contributed by atoms with van der Waals surface area (Å²) in [6.07, 6.45) is 1.59. The first-order chi connectivity index (χ1) is 16.3. The highest BCUT2D eigenvalue weighted by molar-refractivity contribution is 5.92. The monoisotopic (exact) mass is 419 g/mol. The predicted molar refractivity (Wildman–Crippen MR) is 111 cm³/mol. The Morgan fingerprint density at radius 3 is 2.90 bits per heavy atom. The highest BCUT2D eigenvalue weighted by atomic mass is 19.1. The summed E-state index contributed by atoms with van der Waals surface area (Å²) >= 11 is 0. The molecule has 1 aliphatic heterocycles. The summed E-state index contributed by atoms with van der Waals surface area (Å²) in [7, 11) is 0. The van der Waals surface area contributed by atoms with E-state index < -0.39 is 25.3 Å². The summed E-state index contributed by atoms with van der Waals surface area (Å²) in [6.45, 7) is -1.28. The Kier molecular flexibility index (Phi) is 4.27. The van der Waals surface area contributed by atoms with Crippen molar-refractivity contribution in [3.05, 3.63) is 51.2 Å². The van der Waals surface area contributed by atoms with Crippen LogP contribution in [0.15, 0.2) is 16.9 Å². The standard InChI is InChI=1S/C21H27FN6O2/c1-13-20(29)26-17-11-14(3-4-15(17)24-13)12-27-7-9-28(10-8-27)18-6-5-16(21(30)23-2)25-19(18)22/h5-6,14H,3-4,7-12H2,1-2H3,(H,23,30)(H,26,29)/t14-/m0/s1/i2D3,12D2. The number of fused-ring (bicyclic) bond motifs is 1. The summed E-state index contributed by atoms with van der Waals surface area (Å²) < 4.78 is 53.5. The van der Waals surface area contributed by atoms with Crippen LogP contribution in [-0.4, -0.2) is 65.4 Å². The summed E-state index contributed by atoms with van der Waals surface area (Å²) in [4.78, 5) is 38.2. The SMILES string of the molecule is [2H]C([2H])([2H])NC(=O)c1ccc(N2CCN(C([2H])([2H])[C@H]3CCc4nc(C)c(=O)[nH]c4C3)CC2)c(F)n1. The molecule has 30 heavy (non-hydrogen) atoms. The molecule has 1 atom stereocenters. The molecule has 0 aromatic carbocycles. The normalized spacial score (nSPS) is 22.8. The summed E-state index contributed by atoms with van der Waals surface area (Å²) in [5.41, 5.74) is 1.50. The van der Waals surface area contributed by atoms with E-state index in [0.29, 0.717) is 56.8 Å². The number of nitrogens with zero attached hydrogens (tertiary/aromatic N) is 4. The third kappa shape index (κ3) is 4.21. The van der Waals surface area contributed by atoms with Crippen LogP contribution in [0.3, 0.4) is 0 Å². The van der Waals surface area contributed by atoms with E-state index in [-0.39, 0.29) is 22.9 Å². The van der Waals surface area contributed by atoms with Gasteiger partial charge >= 0.3 is 0 Å². The molecule has 1 amide bonds. The smallest absolute Gasteiger partial charge is 0.269 e. The molecule has 2 aromatic heterocycles. The number of carbonyl (C=O) groups is 1. The highest BCUT2D eigenvalue weighted by Gasteiger charge is 2.26. The first-order valence-electron chi connectivity index (χ1n) is 12.4. The average molecular weight is 420 g/mol. The van der Waals surface area contributed by atoms with E-state index >= 15 is 0 Å². The van der Waals surface area contributed by atoms with E-state index in [4.69, 9.17) is 6.85 Å². The fourth-order valence-corrected chi connectivity index (χ4v) is 3.95. The van der Waals surface area contributed by atoms with Gasteiger partial charge in [0.25, 0.3) is 11.5 Å². The lowest BCUT2D eigenvalue weighted by molar-refractivity contribution is 0.0957. The van der Waals surface area contributed by atoms with Crippen molar-refractivity contribution < 1.29 is 16.0 Å². The second-order valence-electron chi connectivity index (χ2n) is 7.58. The Hall–Kier alpha value is -2.81. The summed E-state index contributed by atoms with van der Waals surface area (Å²) in [5, 5.41) is 1.77. The third-order valence-electron chi connectivity index (χ3n) is 5.58. The van der Waals surface area contributed by atoms with Gasteiger partial charge in [-0.25, -0.2) is 4.98 Å². The molecule has 160 valence electrons. The number of amides is 1. The van der Waals surface area contributed by atoms with E-state index in [9.17, 15) is 14.0 Å². The van der Waals surface area contributed by atoms with Gasteiger partial charge in [0.05, 0.1) is 11.4 Å². The van der Waals surface area contributed by atoms with E-state index in [1.54, 1.807) is 22.0 Å². The van der Waals surface area contributed by atoms with Gasteiger partial charge in [-0.2, -0.15) is 4.39 Å². The number of aromatic nitrogens is 3. The molecule has 3 heterocycles. The minimum absolute atomic E-state index is 0.168. The van der Waals surface area contributed by atoms with Crippen molar-refractivity contribution in [2.24, 2.45) is 5.92 Å². The Labute approximate surface area is 181 Å².